The number of benzene rings is 1. The first-order valence-corrected chi connectivity index (χ1v) is 6.83. The fourth-order valence-corrected chi connectivity index (χ4v) is 2.39. The molecule has 0 N–H and O–H groups in total. The van der Waals surface area contributed by atoms with Crippen LogP contribution in [0.25, 0.3) is 0 Å². The quantitative estimate of drug-likeness (QED) is 0.625. The highest BCUT2D eigenvalue weighted by Crippen LogP contribution is 2.31. The second kappa shape index (κ2) is 5.90. The van der Waals surface area contributed by atoms with Gasteiger partial charge in [-0.3, -0.25) is 14.9 Å². The number of rotatable bonds is 4. The van der Waals surface area contributed by atoms with Gasteiger partial charge in [-0.25, -0.2) is 0 Å². The second-order valence-electron chi connectivity index (χ2n) is 4.97. The Balaban J connectivity index is 2.37. The van der Waals surface area contributed by atoms with Gasteiger partial charge in [0.05, 0.1) is 4.92 Å². The van der Waals surface area contributed by atoms with Crippen LogP contribution in [0.15, 0.2) is 18.2 Å². The SMILES string of the molecule is CCN(C)C(=O)c1ccc(N2CCCC2)c([N+](=O)[O-])c1. The van der Waals surface area contributed by atoms with Crippen molar-refractivity contribution in [1.29, 1.82) is 0 Å². The summed E-state index contributed by atoms with van der Waals surface area (Å²) in [5, 5.41) is 11.2. The molecule has 0 aliphatic carbocycles. The Morgan fingerprint density at radius 3 is 2.60 bits per heavy atom. The van der Waals surface area contributed by atoms with Crippen LogP contribution in [0.1, 0.15) is 30.1 Å². The second-order valence-corrected chi connectivity index (χ2v) is 4.97. The molecular formula is C14H19N3O3. The molecule has 1 aliphatic heterocycles. The van der Waals surface area contributed by atoms with E-state index in [-0.39, 0.29) is 11.6 Å². The molecule has 0 radical (unpaired) electrons. The molecule has 1 aliphatic rings. The molecule has 1 saturated heterocycles. The Morgan fingerprint density at radius 2 is 2.05 bits per heavy atom. The van der Waals surface area contributed by atoms with Gasteiger partial charge in [0, 0.05) is 38.3 Å². The van der Waals surface area contributed by atoms with Gasteiger partial charge >= 0.3 is 0 Å². The predicted octanol–water partition coefficient (Wildman–Crippen LogP) is 2.29. The molecule has 0 unspecified atom stereocenters. The van der Waals surface area contributed by atoms with E-state index in [4.69, 9.17) is 0 Å². The van der Waals surface area contributed by atoms with E-state index in [0.717, 1.165) is 25.9 Å². The van der Waals surface area contributed by atoms with E-state index < -0.39 is 4.92 Å². The zero-order valence-electron chi connectivity index (χ0n) is 11.8. The Bertz CT molecular complexity index is 524. The molecule has 1 heterocycles. The average Bonchev–Trinajstić information content (AvgIpc) is 2.99. The van der Waals surface area contributed by atoms with Gasteiger partial charge < -0.3 is 9.80 Å². The summed E-state index contributed by atoms with van der Waals surface area (Å²) in [6.07, 6.45) is 2.10. The molecule has 2 rings (SSSR count). The van der Waals surface area contributed by atoms with Crippen molar-refractivity contribution >= 4 is 17.3 Å². The number of nitro groups is 1. The van der Waals surface area contributed by atoms with Gasteiger partial charge in [0.15, 0.2) is 0 Å². The number of hydrogen-bond acceptors (Lipinski definition) is 4. The molecule has 6 heteroatoms. The largest absolute Gasteiger partial charge is 0.366 e. The van der Waals surface area contributed by atoms with Crippen molar-refractivity contribution in [2.75, 3.05) is 31.6 Å². The first-order valence-electron chi connectivity index (χ1n) is 6.83. The normalized spacial score (nSPS) is 14.4. The van der Waals surface area contributed by atoms with Crippen LogP contribution in [0.2, 0.25) is 0 Å². The fourth-order valence-electron chi connectivity index (χ4n) is 2.39. The molecule has 108 valence electrons. The summed E-state index contributed by atoms with van der Waals surface area (Å²) in [4.78, 5) is 26.5. The molecule has 1 aromatic rings. The molecule has 0 atom stereocenters. The van der Waals surface area contributed by atoms with Crippen LogP contribution in [0.5, 0.6) is 0 Å². The van der Waals surface area contributed by atoms with E-state index in [2.05, 4.69) is 0 Å². The number of nitro benzene ring substituents is 1. The summed E-state index contributed by atoms with van der Waals surface area (Å²) in [5.41, 5.74) is 0.995. The van der Waals surface area contributed by atoms with Gasteiger partial charge in [0.2, 0.25) is 0 Å². The van der Waals surface area contributed by atoms with Crippen molar-refractivity contribution < 1.29 is 9.72 Å². The van der Waals surface area contributed by atoms with Crippen LogP contribution in [0.3, 0.4) is 0 Å². The van der Waals surface area contributed by atoms with Crippen LogP contribution in [-0.4, -0.2) is 42.4 Å². The van der Waals surface area contributed by atoms with Crippen LogP contribution in [0, 0.1) is 10.1 Å². The Labute approximate surface area is 118 Å². The van der Waals surface area contributed by atoms with Crippen LogP contribution >= 0.6 is 0 Å². The highest BCUT2D eigenvalue weighted by atomic mass is 16.6. The third-order valence-corrected chi connectivity index (χ3v) is 3.69. The lowest BCUT2D eigenvalue weighted by molar-refractivity contribution is -0.384. The minimum Gasteiger partial charge on any atom is -0.366 e. The summed E-state index contributed by atoms with van der Waals surface area (Å²) >= 11 is 0. The maximum Gasteiger partial charge on any atom is 0.293 e. The zero-order chi connectivity index (χ0) is 14.7. The highest BCUT2D eigenvalue weighted by Gasteiger charge is 2.24. The van der Waals surface area contributed by atoms with Crippen molar-refractivity contribution in [3.05, 3.63) is 33.9 Å². The molecule has 0 bridgehead atoms. The number of anilines is 1. The van der Waals surface area contributed by atoms with Crippen molar-refractivity contribution in [3.8, 4) is 0 Å². The molecular weight excluding hydrogens is 258 g/mol. The Kier molecular flexibility index (Phi) is 4.22. The van der Waals surface area contributed by atoms with E-state index in [1.807, 2.05) is 11.8 Å². The molecule has 0 aromatic heterocycles. The number of hydrogen-bond donors (Lipinski definition) is 0. The number of carbonyl (C=O) groups excluding carboxylic acids is 1. The molecule has 0 spiro atoms. The smallest absolute Gasteiger partial charge is 0.293 e. The van der Waals surface area contributed by atoms with E-state index in [9.17, 15) is 14.9 Å². The molecule has 0 saturated carbocycles. The molecule has 1 amide bonds. The Hall–Kier alpha value is -2.11. The van der Waals surface area contributed by atoms with Gasteiger partial charge in [-0.2, -0.15) is 0 Å². The van der Waals surface area contributed by atoms with Gasteiger partial charge in [-0.15, -0.1) is 0 Å². The lowest BCUT2D eigenvalue weighted by Gasteiger charge is -2.19. The van der Waals surface area contributed by atoms with Crippen LogP contribution in [0.4, 0.5) is 11.4 Å². The van der Waals surface area contributed by atoms with Gasteiger partial charge in [-0.1, -0.05) is 0 Å². The summed E-state index contributed by atoms with van der Waals surface area (Å²) in [6.45, 7) is 4.11. The monoisotopic (exact) mass is 277 g/mol. The number of amides is 1. The summed E-state index contributed by atoms with van der Waals surface area (Å²) in [5.74, 6) is -0.191. The minimum absolute atomic E-state index is 0.0160. The fraction of sp³-hybridized carbons (Fsp3) is 0.500. The predicted molar refractivity (Wildman–Crippen MR) is 77.2 cm³/mol. The van der Waals surface area contributed by atoms with E-state index in [1.54, 1.807) is 19.2 Å². The third-order valence-electron chi connectivity index (χ3n) is 3.69. The van der Waals surface area contributed by atoms with Crippen LogP contribution < -0.4 is 4.90 Å². The minimum atomic E-state index is -0.406. The van der Waals surface area contributed by atoms with Gasteiger partial charge in [-0.05, 0) is 31.9 Å². The molecule has 1 fully saturated rings. The van der Waals surface area contributed by atoms with Crippen molar-refractivity contribution in [2.24, 2.45) is 0 Å². The topological polar surface area (TPSA) is 66.7 Å². The lowest BCUT2D eigenvalue weighted by Crippen LogP contribution is -2.26. The van der Waals surface area contributed by atoms with Gasteiger partial charge in [0.1, 0.15) is 5.69 Å². The summed E-state index contributed by atoms with van der Waals surface area (Å²) in [7, 11) is 1.68. The van der Waals surface area contributed by atoms with Crippen molar-refractivity contribution in [2.45, 2.75) is 19.8 Å². The average molecular weight is 277 g/mol. The standard InChI is InChI=1S/C14H19N3O3/c1-3-15(2)14(18)11-6-7-12(13(10-11)17(19)20)16-8-4-5-9-16/h6-7,10H,3-5,8-9H2,1-2H3. The van der Waals surface area contributed by atoms with Crippen LogP contribution in [-0.2, 0) is 0 Å². The van der Waals surface area contributed by atoms with Crippen molar-refractivity contribution in [3.63, 3.8) is 0 Å². The van der Waals surface area contributed by atoms with Gasteiger partial charge in [0.25, 0.3) is 11.6 Å². The van der Waals surface area contributed by atoms with E-state index in [0.29, 0.717) is 17.8 Å². The zero-order valence-corrected chi connectivity index (χ0v) is 11.8. The maximum atomic E-state index is 12.1. The number of nitrogens with zero attached hydrogens (tertiary/aromatic N) is 3. The number of carbonyl (C=O) groups is 1. The summed E-state index contributed by atoms with van der Waals surface area (Å²) in [6, 6.07) is 4.76. The first-order chi connectivity index (χ1) is 9.54. The molecule has 6 nitrogen and oxygen atoms in total. The van der Waals surface area contributed by atoms with Crippen molar-refractivity contribution in [1.82, 2.24) is 4.90 Å². The maximum absolute atomic E-state index is 12.1. The lowest BCUT2D eigenvalue weighted by atomic mass is 10.1. The van der Waals surface area contributed by atoms with E-state index in [1.165, 1.54) is 11.0 Å². The first kappa shape index (κ1) is 14.3. The highest BCUT2D eigenvalue weighted by molar-refractivity contribution is 5.95. The molecule has 20 heavy (non-hydrogen) atoms. The third kappa shape index (κ3) is 2.74. The molecule has 1 aromatic carbocycles. The van der Waals surface area contributed by atoms with E-state index >= 15 is 0 Å². The summed E-state index contributed by atoms with van der Waals surface area (Å²) < 4.78 is 0. The Morgan fingerprint density at radius 1 is 1.40 bits per heavy atom.